The normalized spacial score (nSPS) is 9.98. The molecule has 0 aliphatic rings. The van der Waals surface area contributed by atoms with E-state index in [0.717, 1.165) is 17.7 Å². The summed E-state index contributed by atoms with van der Waals surface area (Å²) in [5, 5.41) is 0. The molecule has 0 aromatic heterocycles. The van der Waals surface area contributed by atoms with Crippen molar-refractivity contribution in [3.8, 4) is 62.8 Å². The highest BCUT2D eigenvalue weighted by atomic mass is 16.6. The highest BCUT2D eigenvalue weighted by Gasteiger charge is 2.19. The van der Waals surface area contributed by atoms with Crippen LogP contribution in [0, 0.1) is 11.8 Å². The third-order valence-electron chi connectivity index (χ3n) is 7.16. The van der Waals surface area contributed by atoms with E-state index in [1.165, 1.54) is 38.1 Å². The molecule has 0 spiro atoms. The summed E-state index contributed by atoms with van der Waals surface area (Å²) in [7, 11) is 0. The lowest BCUT2D eigenvalue weighted by atomic mass is 10.0. The summed E-state index contributed by atoms with van der Waals surface area (Å²) >= 11 is 0. The molecular formula is C44H34O10. The average Bonchev–Trinajstić information content (AvgIpc) is 3.14. The van der Waals surface area contributed by atoms with Gasteiger partial charge in [0.15, 0.2) is 0 Å². The summed E-state index contributed by atoms with van der Waals surface area (Å²) in [5.41, 5.74) is 3.35. The Morgan fingerprint density at radius 2 is 1.00 bits per heavy atom. The summed E-state index contributed by atoms with van der Waals surface area (Å²) in [6.45, 7) is 22.3. The monoisotopic (exact) mass is 722 g/mol. The molecule has 10 heteroatoms. The molecule has 0 saturated heterocycles. The minimum absolute atomic E-state index is 0.0210. The van der Waals surface area contributed by atoms with Gasteiger partial charge >= 0.3 is 29.8 Å². The Morgan fingerprint density at radius 1 is 0.500 bits per heavy atom. The standard InChI is InChI=1S/C44H34O10/c1-9-40(45)50-34-20-22-36(39(25-34)52-41(46)10-2)35-21-12-29(23-38(35)54-44(49)28(7)8)11-13-31-14-15-32(24-37(31)53-43(48)27(5)6)30-16-18-33(19-17-30)51-42(47)26(3)4/h9-10,12,14-25H,1-3,5,7H2,4,6,8H3. The van der Waals surface area contributed by atoms with Gasteiger partial charge in [-0.2, -0.15) is 0 Å². The lowest BCUT2D eigenvalue weighted by molar-refractivity contribution is -0.130. The Bertz CT molecular complexity index is 2310. The maximum absolute atomic E-state index is 12.7. The molecular weight excluding hydrogens is 688 g/mol. The van der Waals surface area contributed by atoms with Crippen LogP contribution in [0.15, 0.2) is 141 Å². The van der Waals surface area contributed by atoms with Gasteiger partial charge < -0.3 is 23.7 Å². The highest BCUT2D eigenvalue weighted by Crippen LogP contribution is 2.40. The fraction of sp³-hybridized carbons (Fsp3) is 0.0682. The zero-order chi connectivity index (χ0) is 39.5. The first kappa shape index (κ1) is 39.3. The fourth-order valence-corrected chi connectivity index (χ4v) is 4.40. The molecule has 0 heterocycles. The van der Waals surface area contributed by atoms with Crippen molar-refractivity contribution in [3.05, 3.63) is 152 Å². The number of ether oxygens (including phenoxy) is 5. The van der Waals surface area contributed by atoms with Gasteiger partial charge in [0.2, 0.25) is 0 Å². The number of hydrogen-bond acceptors (Lipinski definition) is 10. The van der Waals surface area contributed by atoms with E-state index in [-0.39, 0.29) is 39.7 Å². The second kappa shape index (κ2) is 17.6. The molecule has 4 aromatic carbocycles. The quantitative estimate of drug-likeness (QED) is 0.0613. The summed E-state index contributed by atoms with van der Waals surface area (Å²) in [5.74, 6) is 3.16. The largest absolute Gasteiger partial charge is 0.423 e. The van der Waals surface area contributed by atoms with Crippen molar-refractivity contribution in [1.29, 1.82) is 0 Å². The minimum Gasteiger partial charge on any atom is -0.423 e. The van der Waals surface area contributed by atoms with Gasteiger partial charge in [-0.15, -0.1) is 0 Å². The fourth-order valence-electron chi connectivity index (χ4n) is 4.40. The van der Waals surface area contributed by atoms with Crippen LogP contribution >= 0.6 is 0 Å². The van der Waals surface area contributed by atoms with Crippen LogP contribution in [-0.4, -0.2) is 29.8 Å². The Hall–Kier alpha value is -7.51. The second-order valence-corrected chi connectivity index (χ2v) is 11.6. The highest BCUT2D eigenvalue weighted by molar-refractivity contribution is 5.92. The van der Waals surface area contributed by atoms with E-state index in [4.69, 9.17) is 23.7 Å². The number of hydrogen-bond donors (Lipinski definition) is 0. The zero-order valence-corrected chi connectivity index (χ0v) is 29.8. The first-order valence-electron chi connectivity index (χ1n) is 16.1. The number of rotatable bonds is 12. The lowest BCUT2D eigenvalue weighted by Gasteiger charge is -2.15. The number of carbonyl (C=O) groups is 5. The topological polar surface area (TPSA) is 132 Å². The molecule has 10 nitrogen and oxygen atoms in total. The van der Waals surface area contributed by atoms with E-state index >= 15 is 0 Å². The molecule has 0 aliphatic carbocycles. The van der Waals surface area contributed by atoms with Gasteiger partial charge in [-0.25, -0.2) is 24.0 Å². The molecule has 0 unspecified atom stereocenters. The smallest absolute Gasteiger partial charge is 0.338 e. The molecule has 0 radical (unpaired) electrons. The van der Waals surface area contributed by atoms with Gasteiger partial charge in [0, 0.05) is 51.6 Å². The van der Waals surface area contributed by atoms with Crippen molar-refractivity contribution >= 4 is 29.8 Å². The number of carbonyl (C=O) groups excluding carboxylic acids is 5. The Labute approximate surface area is 312 Å². The van der Waals surface area contributed by atoms with Crippen molar-refractivity contribution < 1.29 is 47.7 Å². The molecule has 0 bridgehead atoms. The summed E-state index contributed by atoms with van der Waals surface area (Å²) in [6, 6.07) is 20.9. The second-order valence-electron chi connectivity index (χ2n) is 11.6. The predicted molar refractivity (Wildman–Crippen MR) is 203 cm³/mol. The average molecular weight is 723 g/mol. The van der Waals surface area contributed by atoms with Crippen molar-refractivity contribution in [2.45, 2.75) is 20.8 Å². The molecule has 0 amide bonds. The van der Waals surface area contributed by atoms with Crippen LogP contribution < -0.4 is 23.7 Å². The third kappa shape index (κ3) is 10.3. The molecule has 4 rings (SSSR count). The van der Waals surface area contributed by atoms with Crippen LogP contribution in [0.5, 0.6) is 28.7 Å². The van der Waals surface area contributed by atoms with Crippen LogP contribution in [0.25, 0.3) is 22.3 Å². The van der Waals surface area contributed by atoms with E-state index in [2.05, 4.69) is 44.7 Å². The first-order chi connectivity index (χ1) is 25.7. The van der Waals surface area contributed by atoms with E-state index in [1.54, 1.807) is 61.5 Å². The third-order valence-corrected chi connectivity index (χ3v) is 7.16. The van der Waals surface area contributed by atoms with Crippen LogP contribution in [0.1, 0.15) is 31.9 Å². The maximum Gasteiger partial charge on any atom is 0.338 e. The zero-order valence-electron chi connectivity index (χ0n) is 29.8. The van der Waals surface area contributed by atoms with Crippen LogP contribution in [0.3, 0.4) is 0 Å². The Morgan fingerprint density at radius 3 is 1.59 bits per heavy atom. The van der Waals surface area contributed by atoms with E-state index in [9.17, 15) is 24.0 Å². The van der Waals surface area contributed by atoms with Gasteiger partial charge in [-0.1, -0.05) is 62.9 Å². The molecule has 0 aliphatic heterocycles. The molecule has 54 heavy (non-hydrogen) atoms. The molecule has 0 saturated carbocycles. The molecule has 270 valence electrons. The van der Waals surface area contributed by atoms with Crippen molar-refractivity contribution in [3.63, 3.8) is 0 Å². The SMILES string of the molecule is C=CC(=O)Oc1ccc(-c2ccc(C#Cc3ccc(-c4ccc(OC(=O)C(=C)C)cc4)cc3OC(=O)C(=C)C)cc2OC(=O)C(=C)C)c(OC(=O)C=C)c1. The van der Waals surface area contributed by atoms with E-state index in [0.29, 0.717) is 33.6 Å². The number of benzene rings is 4. The number of esters is 5. The summed E-state index contributed by atoms with van der Waals surface area (Å²) in [4.78, 5) is 61.3. The Kier molecular flexibility index (Phi) is 12.8. The molecule has 0 fully saturated rings. The minimum atomic E-state index is -0.790. The Balaban J connectivity index is 1.78. The van der Waals surface area contributed by atoms with Gasteiger partial charge in [0.25, 0.3) is 0 Å². The van der Waals surface area contributed by atoms with Crippen molar-refractivity contribution in [1.82, 2.24) is 0 Å². The van der Waals surface area contributed by atoms with Crippen LogP contribution in [0.2, 0.25) is 0 Å². The van der Waals surface area contributed by atoms with Crippen LogP contribution in [0.4, 0.5) is 0 Å². The van der Waals surface area contributed by atoms with Crippen LogP contribution in [-0.2, 0) is 24.0 Å². The van der Waals surface area contributed by atoms with Gasteiger partial charge in [0.05, 0.1) is 5.56 Å². The van der Waals surface area contributed by atoms with Gasteiger partial charge in [-0.05, 0) is 86.5 Å². The van der Waals surface area contributed by atoms with Crippen molar-refractivity contribution in [2.24, 2.45) is 0 Å². The van der Waals surface area contributed by atoms with Crippen molar-refractivity contribution in [2.75, 3.05) is 0 Å². The molecule has 4 aromatic rings. The van der Waals surface area contributed by atoms with E-state index in [1.807, 2.05) is 0 Å². The van der Waals surface area contributed by atoms with E-state index < -0.39 is 29.8 Å². The maximum atomic E-state index is 12.7. The summed E-state index contributed by atoms with van der Waals surface area (Å²) in [6.07, 6.45) is 1.94. The lowest BCUT2D eigenvalue weighted by Crippen LogP contribution is -2.10. The predicted octanol–water partition coefficient (Wildman–Crippen LogP) is 8.05. The van der Waals surface area contributed by atoms with Gasteiger partial charge in [0.1, 0.15) is 28.7 Å². The first-order valence-corrected chi connectivity index (χ1v) is 16.1. The molecule has 0 N–H and O–H groups in total. The molecule has 0 atom stereocenters. The summed E-state index contributed by atoms with van der Waals surface area (Å²) < 4.78 is 27.2. The van der Waals surface area contributed by atoms with Gasteiger partial charge in [-0.3, -0.25) is 0 Å².